The summed E-state index contributed by atoms with van der Waals surface area (Å²) in [6, 6.07) is 8.80. The second kappa shape index (κ2) is 6.53. The van der Waals surface area contributed by atoms with Gasteiger partial charge in [0, 0.05) is 0 Å². The third-order valence-electron chi connectivity index (χ3n) is 2.26. The van der Waals surface area contributed by atoms with Crippen LogP contribution >= 0.6 is 0 Å². The van der Waals surface area contributed by atoms with Gasteiger partial charge in [0.2, 0.25) is 0 Å². The molecule has 16 heavy (non-hydrogen) atoms. The van der Waals surface area contributed by atoms with E-state index in [1.54, 1.807) is 24.3 Å². The molecule has 0 bridgehead atoms. The van der Waals surface area contributed by atoms with Gasteiger partial charge >= 0.3 is 0 Å². The van der Waals surface area contributed by atoms with E-state index >= 15 is 0 Å². The van der Waals surface area contributed by atoms with Crippen molar-refractivity contribution in [3.8, 4) is 0 Å². The Labute approximate surface area is 97.9 Å². The fourth-order valence-corrected chi connectivity index (χ4v) is 2.51. The second-order valence-corrected chi connectivity index (χ2v) is 5.53. The molecule has 3 nitrogen and oxygen atoms in total. The molecule has 1 rings (SSSR count). The van der Waals surface area contributed by atoms with Crippen molar-refractivity contribution in [1.29, 1.82) is 0 Å². The zero-order valence-electron chi connectivity index (χ0n) is 9.59. The first kappa shape index (κ1) is 13.0. The highest BCUT2D eigenvalue weighted by molar-refractivity contribution is 7.89. The molecule has 0 unspecified atom stereocenters. The van der Waals surface area contributed by atoms with Crippen LogP contribution < -0.4 is 4.72 Å². The van der Waals surface area contributed by atoms with Crippen LogP contribution in [0.1, 0.15) is 32.6 Å². The Morgan fingerprint density at radius 2 is 1.75 bits per heavy atom. The summed E-state index contributed by atoms with van der Waals surface area (Å²) in [5.41, 5.74) is 0.512. The van der Waals surface area contributed by atoms with Crippen molar-refractivity contribution in [2.24, 2.45) is 0 Å². The minimum Gasteiger partial charge on any atom is -0.205 e. The van der Waals surface area contributed by atoms with E-state index in [2.05, 4.69) is 11.6 Å². The van der Waals surface area contributed by atoms with E-state index in [9.17, 15) is 8.42 Å². The van der Waals surface area contributed by atoms with E-state index in [0.717, 1.165) is 19.3 Å². The highest BCUT2D eigenvalue weighted by Gasteiger charge is 2.11. The summed E-state index contributed by atoms with van der Waals surface area (Å²) in [7, 11) is -3.29. The van der Waals surface area contributed by atoms with Crippen molar-refractivity contribution < 1.29 is 8.42 Å². The highest BCUT2D eigenvalue weighted by atomic mass is 32.2. The van der Waals surface area contributed by atoms with Crippen LogP contribution in [0.15, 0.2) is 30.3 Å². The molecule has 0 saturated heterocycles. The number of hydrogen-bond donors (Lipinski definition) is 0. The first-order valence-electron chi connectivity index (χ1n) is 5.65. The minimum absolute atomic E-state index is 0.155. The monoisotopic (exact) mass is 240 g/mol. The molecule has 0 aliphatic heterocycles. The topological polar surface area (TPSA) is 48.2 Å². The van der Waals surface area contributed by atoms with Crippen molar-refractivity contribution in [2.75, 3.05) is 5.75 Å². The highest BCUT2D eigenvalue weighted by Crippen LogP contribution is 2.10. The minimum atomic E-state index is -3.29. The lowest BCUT2D eigenvalue weighted by atomic mass is 10.2. The van der Waals surface area contributed by atoms with E-state index in [1.807, 2.05) is 6.07 Å². The van der Waals surface area contributed by atoms with E-state index in [1.165, 1.54) is 0 Å². The van der Waals surface area contributed by atoms with Crippen molar-refractivity contribution in [2.45, 2.75) is 32.6 Å². The Hall–Kier alpha value is -1.03. The van der Waals surface area contributed by atoms with E-state index in [0.29, 0.717) is 12.1 Å². The van der Waals surface area contributed by atoms with Crippen LogP contribution in [0.4, 0.5) is 5.69 Å². The quantitative estimate of drug-likeness (QED) is 0.688. The molecule has 0 heterocycles. The average molecular weight is 240 g/mol. The second-order valence-electron chi connectivity index (χ2n) is 3.77. The third-order valence-corrected chi connectivity index (χ3v) is 3.55. The standard InChI is InChI=1S/C12H18NO2S/c1-2-3-4-8-11-16(14,15)13-12-9-6-5-7-10-12/h5-7,9-10H,2-4,8,11H2,1H3. The number of rotatable bonds is 7. The molecule has 1 aromatic rings. The fourth-order valence-electron chi connectivity index (χ4n) is 1.41. The third kappa shape index (κ3) is 5.16. The molecule has 4 heteroatoms. The summed E-state index contributed by atoms with van der Waals surface area (Å²) in [5, 5.41) is 0. The maximum Gasteiger partial charge on any atom is 0.253 e. The van der Waals surface area contributed by atoms with Crippen LogP contribution in [0, 0.1) is 0 Å². The zero-order chi connectivity index (χ0) is 11.9. The number of benzene rings is 1. The normalized spacial score (nSPS) is 11.3. The molecule has 1 aromatic carbocycles. The maximum absolute atomic E-state index is 11.6. The Bertz CT molecular complexity index is 387. The molecule has 0 spiro atoms. The molecule has 0 amide bonds. The largest absolute Gasteiger partial charge is 0.253 e. The molecule has 0 fully saturated rings. The van der Waals surface area contributed by atoms with Gasteiger partial charge in [-0.25, -0.2) is 8.42 Å². The lowest BCUT2D eigenvalue weighted by Gasteiger charge is -2.04. The smallest absolute Gasteiger partial charge is 0.205 e. The number of hydrogen-bond acceptors (Lipinski definition) is 2. The average Bonchev–Trinajstić information content (AvgIpc) is 2.25. The molecular weight excluding hydrogens is 222 g/mol. The number of unbranched alkanes of at least 4 members (excludes halogenated alkanes) is 3. The lowest BCUT2D eigenvalue weighted by molar-refractivity contribution is 0.583. The summed E-state index contributed by atoms with van der Waals surface area (Å²) in [6.07, 6.45) is 3.85. The van der Waals surface area contributed by atoms with Gasteiger partial charge in [-0.15, -0.1) is 0 Å². The van der Waals surface area contributed by atoms with Crippen molar-refractivity contribution in [3.05, 3.63) is 30.3 Å². The molecule has 0 aromatic heterocycles. The summed E-state index contributed by atoms with van der Waals surface area (Å²) >= 11 is 0. The van der Waals surface area contributed by atoms with Crippen molar-refractivity contribution >= 4 is 15.7 Å². The molecule has 0 aliphatic carbocycles. The van der Waals surface area contributed by atoms with Gasteiger partial charge in [-0.1, -0.05) is 44.4 Å². The van der Waals surface area contributed by atoms with E-state index < -0.39 is 10.0 Å². The lowest BCUT2D eigenvalue weighted by Crippen LogP contribution is -2.15. The van der Waals surface area contributed by atoms with Gasteiger partial charge < -0.3 is 0 Å². The van der Waals surface area contributed by atoms with E-state index in [4.69, 9.17) is 0 Å². The maximum atomic E-state index is 11.6. The molecule has 89 valence electrons. The molecule has 0 atom stereocenters. The predicted octanol–water partition coefficient (Wildman–Crippen LogP) is 2.83. The first-order valence-corrected chi connectivity index (χ1v) is 7.26. The van der Waals surface area contributed by atoms with Gasteiger partial charge in [0.25, 0.3) is 10.0 Å². The van der Waals surface area contributed by atoms with Crippen LogP contribution in [0.5, 0.6) is 0 Å². The number of nitrogens with zero attached hydrogens (tertiary/aromatic N) is 1. The molecular formula is C12H18NO2S. The molecule has 1 radical (unpaired) electrons. The van der Waals surface area contributed by atoms with Gasteiger partial charge in [0.1, 0.15) is 0 Å². The van der Waals surface area contributed by atoms with Crippen molar-refractivity contribution in [3.63, 3.8) is 0 Å². The summed E-state index contributed by atoms with van der Waals surface area (Å²) in [5.74, 6) is 0.155. The first-order chi connectivity index (χ1) is 7.64. The van der Waals surface area contributed by atoms with Gasteiger partial charge in [-0.05, 0) is 18.6 Å². The fraction of sp³-hybridized carbons (Fsp3) is 0.500. The Morgan fingerprint density at radius 1 is 1.06 bits per heavy atom. The van der Waals surface area contributed by atoms with Crippen LogP contribution in [0.3, 0.4) is 0 Å². The molecule has 0 N–H and O–H groups in total. The van der Waals surface area contributed by atoms with Crippen LogP contribution in [-0.4, -0.2) is 14.2 Å². The Morgan fingerprint density at radius 3 is 2.38 bits per heavy atom. The van der Waals surface area contributed by atoms with Crippen molar-refractivity contribution in [1.82, 2.24) is 4.72 Å². The molecule has 0 aliphatic rings. The zero-order valence-corrected chi connectivity index (χ0v) is 10.4. The van der Waals surface area contributed by atoms with E-state index in [-0.39, 0.29) is 5.75 Å². The van der Waals surface area contributed by atoms with Crippen LogP contribution in [-0.2, 0) is 10.0 Å². The van der Waals surface area contributed by atoms with Gasteiger partial charge in [0.05, 0.1) is 11.4 Å². The van der Waals surface area contributed by atoms with Gasteiger partial charge in [-0.2, -0.15) is 4.72 Å². The molecule has 0 saturated carbocycles. The summed E-state index contributed by atoms with van der Waals surface area (Å²) in [4.78, 5) is 0. The Kier molecular flexibility index (Phi) is 5.32. The van der Waals surface area contributed by atoms with Crippen LogP contribution in [0.25, 0.3) is 0 Å². The Balaban J connectivity index is 2.40. The summed E-state index contributed by atoms with van der Waals surface area (Å²) in [6.45, 7) is 2.10. The van der Waals surface area contributed by atoms with Gasteiger partial charge in [-0.3, -0.25) is 0 Å². The van der Waals surface area contributed by atoms with Crippen LogP contribution in [0.2, 0.25) is 0 Å². The van der Waals surface area contributed by atoms with Gasteiger partial charge in [0.15, 0.2) is 0 Å². The summed E-state index contributed by atoms with van der Waals surface area (Å²) < 4.78 is 27.0. The number of sulfonamides is 1. The SMILES string of the molecule is CCCCCCS(=O)(=O)[N]c1ccccc1. The predicted molar refractivity (Wildman–Crippen MR) is 66.2 cm³/mol.